The minimum atomic E-state index is -3.92. The van der Waals surface area contributed by atoms with Gasteiger partial charge >= 0.3 is 0 Å². The lowest BCUT2D eigenvalue weighted by Crippen LogP contribution is -2.53. The number of halogens is 1. The molecule has 7 nitrogen and oxygen atoms in total. The van der Waals surface area contributed by atoms with Gasteiger partial charge < -0.3 is 14.5 Å². The Balaban J connectivity index is 1.47. The van der Waals surface area contributed by atoms with E-state index in [-0.39, 0.29) is 23.4 Å². The zero-order valence-electron chi connectivity index (χ0n) is 19.5. The van der Waals surface area contributed by atoms with Crippen LogP contribution in [-0.2, 0) is 14.8 Å². The predicted molar refractivity (Wildman–Crippen MR) is 129 cm³/mol. The van der Waals surface area contributed by atoms with Crippen LogP contribution in [-0.4, -0.2) is 69.4 Å². The molecular formula is C25H32FN3O4S. The Morgan fingerprint density at radius 3 is 2.29 bits per heavy atom. The van der Waals surface area contributed by atoms with Crippen molar-refractivity contribution in [2.24, 2.45) is 0 Å². The van der Waals surface area contributed by atoms with Crippen molar-refractivity contribution >= 4 is 21.6 Å². The number of methoxy groups -OCH3 is 1. The average molecular weight is 490 g/mol. The van der Waals surface area contributed by atoms with Crippen LogP contribution in [0.2, 0.25) is 0 Å². The second kappa shape index (κ2) is 10.7. The molecule has 1 saturated carbocycles. The van der Waals surface area contributed by atoms with Crippen LogP contribution >= 0.6 is 0 Å². The third-order valence-corrected chi connectivity index (χ3v) is 8.66. The van der Waals surface area contributed by atoms with Gasteiger partial charge in [0.05, 0.1) is 24.2 Å². The number of carbonyl (C=O) groups excluding carboxylic acids is 1. The lowest BCUT2D eigenvalue weighted by molar-refractivity contribution is -0.132. The number of nitrogens with zero attached hydrogens (tertiary/aromatic N) is 3. The van der Waals surface area contributed by atoms with Gasteiger partial charge in [-0.15, -0.1) is 0 Å². The Hall–Kier alpha value is -2.65. The third kappa shape index (κ3) is 5.36. The van der Waals surface area contributed by atoms with Crippen molar-refractivity contribution < 1.29 is 22.3 Å². The molecule has 184 valence electrons. The Morgan fingerprint density at radius 2 is 1.65 bits per heavy atom. The van der Waals surface area contributed by atoms with E-state index in [0.717, 1.165) is 55.7 Å². The molecule has 1 amide bonds. The van der Waals surface area contributed by atoms with Gasteiger partial charge in [0.15, 0.2) is 0 Å². The molecule has 1 heterocycles. The first-order valence-electron chi connectivity index (χ1n) is 11.8. The monoisotopic (exact) mass is 489 g/mol. The molecule has 2 aliphatic rings. The lowest BCUT2D eigenvalue weighted by Gasteiger charge is -2.38. The molecule has 1 aliphatic heterocycles. The van der Waals surface area contributed by atoms with E-state index in [2.05, 4.69) is 4.90 Å². The van der Waals surface area contributed by atoms with Crippen molar-refractivity contribution in [3.63, 3.8) is 0 Å². The number of ether oxygens (including phenoxy) is 1. The van der Waals surface area contributed by atoms with E-state index < -0.39 is 15.8 Å². The Labute approximate surface area is 201 Å². The number of sulfonamides is 1. The smallest absolute Gasteiger partial charge is 0.243 e. The van der Waals surface area contributed by atoms with E-state index >= 15 is 0 Å². The van der Waals surface area contributed by atoms with Gasteiger partial charge in [0, 0.05) is 32.2 Å². The Bertz CT molecular complexity index is 1080. The summed E-state index contributed by atoms with van der Waals surface area (Å²) in [6.45, 7) is 2.09. The maximum Gasteiger partial charge on any atom is 0.243 e. The summed E-state index contributed by atoms with van der Waals surface area (Å²) < 4.78 is 47.2. The van der Waals surface area contributed by atoms with Gasteiger partial charge in [0.25, 0.3) is 0 Å². The number of anilines is 1. The minimum Gasteiger partial charge on any atom is -0.495 e. The predicted octanol–water partition coefficient (Wildman–Crippen LogP) is 3.51. The quantitative estimate of drug-likeness (QED) is 0.595. The second-order valence-electron chi connectivity index (χ2n) is 8.84. The summed E-state index contributed by atoms with van der Waals surface area (Å²) in [5, 5.41) is 0. The molecule has 0 bridgehead atoms. The van der Waals surface area contributed by atoms with Crippen LogP contribution in [0.15, 0.2) is 53.4 Å². The topological polar surface area (TPSA) is 70.2 Å². The van der Waals surface area contributed by atoms with E-state index in [1.165, 1.54) is 16.4 Å². The maximum absolute atomic E-state index is 13.5. The van der Waals surface area contributed by atoms with Crippen LogP contribution in [0.5, 0.6) is 5.75 Å². The minimum absolute atomic E-state index is 0.0215. The molecule has 1 saturated heterocycles. The van der Waals surface area contributed by atoms with Crippen molar-refractivity contribution in [2.45, 2.75) is 43.0 Å². The van der Waals surface area contributed by atoms with Crippen molar-refractivity contribution in [2.75, 3.05) is 44.7 Å². The zero-order valence-corrected chi connectivity index (χ0v) is 20.3. The van der Waals surface area contributed by atoms with Crippen LogP contribution in [0.3, 0.4) is 0 Å². The molecule has 0 spiro atoms. The van der Waals surface area contributed by atoms with Gasteiger partial charge in [-0.05, 0) is 49.2 Å². The highest BCUT2D eigenvalue weighted by atomic mass is 32.2. The van der Waals surface area contributed by atoms with Crippen molar-refractivity contribution in [1.82, 2.24) is 9.21 Å². The summed E-state index contributed by atoms with van der Waals surface area (Å²) in [5.74, 6) is 0.0965. The van der Waals surface area contributed by atoms with Crippen molar-refractivity contribution in [1.29, 1.82) is 0 Å². The Kier molecular flexibility index (Phi) is 7.73. The van der Waals surface area contributed by atoms with Gasteiger partial charge in [-0.25, -0.2) is 12.8 Å². The molecule has 2 aromatic carbocycles. The van der Waals surface area contributed by atoms with Crippen LogP contribution in [0.4, 0.5) is 10.1 Å². The second-order valence-corrected chi connectivity index (χ2v) is 10.7. The molecule has 0 unspecified atom stereocenters. The highest BCUT2D eigenvalue weighted by Gasteiger charge is 2.35. The van der Waals surface area contributed by atoms with Crippen LogP contribution in [0.25, 0.3) is 0 Å². The Morgan fingerprint density at radius 1 is 1.00 bits per heavy atom. The van der Waals surface area contributed by atoms with Crippen LogP contribution in [0, 0.1) is 5.82 Å². The molecule has 0 N–H and O–H groups in total. The summed E-state index contributed by atoms with van der Waals surface area (Å²) in [4.78, 5) is 17.2. The van der Waals surface area contributed by atoms with E-state index in [1.807, 2.05) is 24.3 Å². The van der Waals surface area contributed by atoms with Gasteiger partial charge in [-0.2, -0.15) is 4.31 Å². The number of hydrogen-bond donors (Lipinski definition) is 0. The summed E-state index contributed by atoms with van der Waals surface area (Å²) in [6.07, 6.45) is 4.40. The van der Waals surface area contributed by atoms with E-state index in [1.54, 1.807) is 12.0 Å². The molecule has 4 rings (SSSR count). The fraction of sp³-hybridized carbons (Fsp3) is 0.480. The van der Waals surface area contributed by atoms with E-state index in [9.17, 15) is 17.6 Å². The first-order chi connectivity index (χ1) is 16.4. The first kappa shape index (κ1) is 24.5. The normalized spacial score (nSPS) is 17.7. The van der Waals surface area contributed by atoms with Gasteiger partial charge in [0.2, 0.25) is 15.9 Å². The molecule has 34 heavy (non-hydrogen) atoms. The summed E-state index contributed by atoms with van der Waals surface area (Å²) in [6, 6.07) is 12.4. The summed E-state index contributed by atoms with van der Waals surface area (Å²) >= 11 is 0. The molecule has 9 heteroatoms. The molecule has 0 aromatic heterocycles. The van der Waals surface area contributed by atoms with Gasteiger partial charge in [0.1, 0.15) is 11.6 Å². The molecule has 1 aliphatic carbocycles. The summed E-state index contributed by atoms with van der Waals surface area (Å²) in [5.41, 5.74) is 0.986. The van der Waals surface area contributed by atoms with Crippen molar-refractivity contribution in [3.05, 3.63) is 54.3 Å². The fourth-order valence-electron chi connectivity index (χ4n) is 4.84. The number of amides is 1. The van der Waals surface area contributed by atoms with E-state index in [4.69, 9.17) is 4.74 Å². The highest BCUT2D eigenvalue weighted by Crippen LogP contribution is 2.30. The number of piperazine rings is 1. The standard InChI is InChI=1S/C25H32FN3O4S/c1-33-24-10-6-5-9-23(24)27-15-17-28(18-16-27)25(30)19-29(21-7-3-2-4-8-21)34(31,32)22-13-11-20(26)12-14-22/h5-6,9-14,21H,2-4,7-8,15-19H2,1H3. The highest BCUT2D eigenvalue weighted by molar-refractivity contribution is 7.89. The number of hydrogen-bond acceptors (Lipinski definition) is 5. The SMILES string of the molecule is COc1ccccc1N1CCN(C(=O)CN(C2CCCCC2)S(=O)(=O)c2ccc(F)cc2)CC1. The zero-order chi connectivity index (χ0) is 24.1. The molecule has 0 atom stereocenters. The van der Waals surface area contributed by atoms with Crippen LogP contribution in [0.1, 0.15) is 32.1 Å². The molecule has 0 radical (unpaired) electrons. The van der Waals surface area contributed by atoms with E-state index in [0.29, 0.717) is 26.2 Å². The number of rotatable bonds is 7. The number of para-hydroxylation sites is 2. The number of carbonyl (C=O) groups is 1. The largest absolute Gasteiger partial charge is 0.495 e. The molecule has 2 aromatic rings. The van der Waals surface area contributed by atoms with Crippen LogP contribution < -0.4 is 9.64 Å². The summed E-state index contributed by atoms with van der Waals surface area (Å²) in [7, 11) is -2.28. The molecule has 2 fully saturated rings. The third-order valence-electron chi connectivity index (χ3n) is 6.75. The van der Waals surface area contributed by atoms with Crippen molar-refractivity contribution in [3.8, 4) is 5.75 Å². The lowest BCUT2D eigenvalue weighted by atomic mass is 9.95. The fourth-order valence-corrected chi connectivity index (χ4v) is 6.48. The average Bonchev–Trinajstić information content (AvgIpc) is 2.88. The first-order valence-corrected chi connectivity index (χ1v) is 13.3. The molecular weight excluding hydrogens is 457 g/mol. The van der Waals surface area contributed by atoms with Gasteiger partial charge in [-0.1, -0.05) is 31.4 Å². The van der Waals surface area contributed by atoms with Gasteiger partial charge in [-0.3, -0.25) is 4.79 Å². The maximum atomic E-state index is 13.5. The number of benzene rings is 2.